The van der Waals surface area contributed by atoms with Crippen LogP contribution in [0.5, 0.6) is 0 Å². The Kier molecular flexibility index (Phi) is 20.4. The molecule has 0 fully saturated rings. The number of hydrogen-bond acceptors (Lipinski definition) is 6. The lowest BCUT2D eigenvalue weighted by atomic mass is 10.1. The third-order valence-corrected chi connectivity index (χ3v) is 6.02. The van der Waals surface area contributed by atoms with Crippen LogP contribution in [-0.4, -0.2) is 37.5 Å². The SMILES string of the molecule is CCCCCCC(CC=CCCCCCCCC(=O)OC(C)OCCOCc1ccccc1)OC(C)=O. The van der Waals surface area contributed by atoms with E-state index in [1.807, 2.05) is 30.3 Å². The molecule has 0 saturated carbocycles. The largest absolute Gasteiger partial charge is 0.462 e. The molecule has 1 aromatic carbocycles. The van der Waals surface area contributed by atoms with Crippen molar-refractivity contribution in [3.8, 4) is 0 Å². The molecule has 0 aliphatic carbocycles. The van der Waals surface area contributed by atoms with Crippen molar-refractivity contribution >= 4 is 11.9 Å². The van der Waals surface area contributed by atoms with Crippen LogP contribution in [0.15, 0.2) is 42.5 Å². The molecular weight excluding hydrogens is 468 g/mol. The molecule has 2 atom stereocenters. The zero-order valence-electron chi connectivity index (χ0n) is 23.5. The fourth-order valence-electron chi connectivity index (χ4n) is 4.00. The molecule has 0 amide bonds. The average molecular weight is 519 g/mol. The summed E-state index contributed by atoms with van der Waals surface area (Å²) in [5, 5.41) is 0. The summed E-state index contributed by atoms with van der Waals surface area (Å²) in [6.07, 6.45) is 17.0. The zero-order chi connectivity index (χ0) is 27.0. The highest BCUT2D eigenvalue weighted by molar-refractivity contribution is 5.69. The molecule has 0 spiro atoms. The first-order valence-corrected chi connectivity index (χ1v) is 14.3. The summed E-state index contributed by atoms with van der Waals surface area (Å²) in [5.74, 6) is -0.401. The van der Waals surface area contributed by atoms with Crippen LogP contribution in [0.2, 0.25) is 0 Å². The van der Waals surface area contributed by atoms with E-state index in [1.165, 1.54) is 26.2 Å². The molecule has 1 aromatic rings. The first-order valence-electron chi connectivity index (χ1n) is 14.3. The van der Waals surface area contributed by atoms with Crippen molar-refractivity contribution in [1.82, 2.24) is 0 Å². The van der Waals surface area contributed by atoms with E-state index in [4.69, 9.17) is 18.9 Å². The van der Waals surface area contributed by atoms with Crippen molar-refractivity contribution in [2.45, 2.75) is 123 Å². The molecule has 1 rings (SSSR count). The Morgan fingerprint density at radius 2 is 1.59 bits per heavy atom. The number of ether oxygens (including phenoxy) is 4. The van der Waals surface area contributed by atoms with Gasteiger partial charge >= 0.3 is 11.9 Å². The predicted octanol–water partition coefficient (Wildman–Crippen LogP) is 7.69. The van der Waals surface area contributed by atoms with Crippen LogP contribution in [0.4, 0.5) is 0 Å². The van der Waals surface area contributed by atoms with Gasteiger partial charge in [-0.05, 0) is 44.6 Å². The fraction of sp³-hybridized carbons (Fsp3) is 0.677. The highest BCUT2D eigenvalue weighted by atomic mass is 16.7. The molecule has 0 N–H and O–H groups in total. The molecule has 37 heavy (non-hydrogen) atoms. The van der Waals surface area contributed by atoms with E-state index in [9.17, 15) is 9.59 Å². The maximum absolute atomic E-state index is 12.0. The highest BCUT2D eigenvalue weighted by Crippen LogP contribution is 2.14. The van der Waals surface area contributed by atoms with Gasteiger partial charge in [-0.1, -0.05) is 87.9 Å². The van der Waals surface area contributed by atoms with Crippen LogP contribution in [0, 0.1) is 0 Å². The summed E-state index contributed by atoms with van der Waals surface area (Å²) in [6.45, 7) is 6.82. The van der Waals surface area contributed by atoms with Gasteiger partial charge in [-0.3, -0.25) is 9.59 Å². The van der Waals surface area contributed by atoms with Crippen LogP contribution < -0.4 is 0 Å². The molecule has 0 aliphatic heterocycles. The van der Waals surface area contributed by atoms with Crippen LogP contribution in [0.1, 0.15) is 110 Å². The van der Waals surface area contributed by atoms with E-state index >= 15 is 0 Å². The minimum atomic E-state index is -0.559. The molecule has 210 valence electrons. The first kappa shape index (κ1) is 32.8. The molecule has 6 heteroatoms. The summed E-state index contributed by atoms with van der Waals surface area (Å²) in [5.41, 5.74) is 1.12. The number of carbonyl (C=O) groups is 2. The van der Waals surface area contributed by atoms with E-state index in [0.29, 0.717) is 26.2 Å². The van der Waals surface area contributed by atoms with Gasteiger partial charge in [0.15, 0.2) is 6.29 Å². The Hall–Kier alpha value is -2.18. The molecule has 0 radical (unpaired) electrons. The van der Waals surface area contributed by atoms with E-state index in [0.717, 1.165) is 63.4 Å². The van der Waals surface area contributed by atoms with Crippen molar-refractivity contribution in [3.05, 3.63) is 48.0 Å². The monoisotopic (exact) mass is 518 g/mol. The lowest BCUT2D eigenvalue weighted by Crippen LogP contribution is -2.20. The van der Waals surface area contributed by atoms with Gasteiger partial charge in [0.1, 0.15) is 6.10 Å². The molecule has 2 unspecified atom stereocenters. The van der Waals surface area contributed by atoms with E-state index in [-0.39, 0.29) is 18.0 Å². The topological polar surface area (TPSA) is 71.1 Å². The van der Waals surface area contributed by atoms with Gasteiger partial charge in [0.25, 0.3) is 0 Å². The number of rotatable bonds is 23. The number of hydrogen-bond donors (Lipinski definition) is 0. The second-order valence-electron chi connectivity index (χ2n) is 9.56. The van der Waals surface area contributed by atoms with Gasteiger partial charge in [-0.2, -0.15) is 0 Å². The third kappa shape index (κ3) is 20.6. The predicted molar refractivity (Wildman–Crippen MR) is 148 cm³/mol. The molecule has 0 aliphatic rings. The normalized spacial score (nSPS) is 12.9. The zero-order valence-corrected chi connectivity index (χ0v) is 23.5. The molecule has 0 heterocycles. The molecule has 6 nitrogen and oxygen atoms in total. The van der Waals surface area contributed by atoms with Gasteiger partial charge in [0.05, 0.1) is 19.8 Å². The van der Waals surface area contributed by atoms with E-state index < -0.39 is 6.29 Å². The van der Waals surface area contributed by atoms with Gasteiger partial charge in [0, 0.05) is 19.8 Å². The highest BCUT2D eigenvalue weighted by Gasteiger charge is 2.10. The van der Waals surface area contributed by atoms with Crippen LogP contribution >= 0.6 is 0 Å². The Bertz CT molecular complexity index is 718. The Labute approximate surface area is 225 Å². The lowest BCUT2D eigenvalue weighted by Gasteiger charge is -2.15. The average Bonchev–Trinajstić information content (AvgIpc) is 2.87. The second-order valence-corrected chi connectivity index (χ2v) is 9.56. The maximum atomic E-state index is 12.0. The fourth-order valence-corrected chi connectivity index (χ4v) is 4.00. The Morgan fingerprint density at radius 1 is 0.865 bits per heavy atom. The third-order valence-electron chi connectivity index (χ3n) is 6.02. The standard InChI is InChI=1S/C31H50O6/c1-4-5-6-16-21-30(36-27(2)32)22-17-11-9-7-8-10-12-18-23-31(33)37-28(3)35-25-24-34-26-29-19-14-13-15-20-29/h11,13-15,17,19-20,28,30H,4-10,12,16,18,21-26H2,1-3H3. The maximum Gasteiger partial charge on any atom is 0.308 e. The second kappa shape index (κ2) is 23.0. The smallest absolute Gasteiger partial charge is 0.308 e. The minimum absolute atomic E-state index is 0.00597. The Balaban J connectivity index is 1.97. The number of carbonyl (C=O) groups excluding carboxylic acids is 2. The molecular formula is C31H50O6. The van der Waals surface area contributed by atoms with E-state index in [2.05, 4.69) is 19.1 Å². The summed E-state index contributed by atoms with van der Waals surface area (Å²) >= 11 is 0. The Morgan fingerprint density at radius 3 is 2.35 bits per heavy atom. The van der Waals surface area contributed by atoms with Gasteiger partial charge in [-0.25, -0.2) is 0 Å². The number of unbranched alkanes of at least 4 members (excludes halogenated alkanes) is 8. The first-order chi connectivity index (χ1) is 18.0. The summed E-state index contributed by atoms with van der Waals surface area (Å²) < 4.78 is 21.8. The van der Waals surface area contributed by atoms with Crippen molar-refractivity contribution in [2.75, 3.05) is 13.2 Å². The number of esters is 2. The van der Waals surface area contributed by atoms with Gasteiger partial charge in [0.2, 0.25) is 0 Å². The molecule has 0 aromatic heterocycles. The van der Waals surface area contributed by atoms with Crippen LogP contribution in [0.3, 0.4) is 0 Å². The van der Waals surface area contributed by atoms with Crippen molar-refractivity contribution < 1.29 is 28.5 Å². The van der Waals surface area contributed by atoms with E-state index in [1.54, 1.807) is 6.92 Å². The number of benzene rings is 1. The lowest BCUT2D eigenvalue weighted by molar-refractivity contribution is -0.177. The molecule has 0 bridgehead atoms. The minimum Gasteiger partial charge on any atom is -0.462 e. The van der Waals surface area contributed by atoms with Crippen molar-refractivity contribution in [2.24, 2.45) is 0 Å². The quantitative estimate of drug-likeness (QED) is 0.0640. The van der Waals surface area contributed by atoms with Crippen LogP contribution in [-0.2, 0) is 35.1 Å². The van der Waals surface area contributed by atoms with Gasteiger partial charge < -0.3 is 18.9 Å². The van der Waals surface area contributed by atoms with Crippen molar-refractivity contribution in [3.63, 3.8) is 0 Å². The summed E-state index contributed by atoms with van der Waals surface area (Å²) in [6, 6.07) is 9.98. The van der Waals surface area contributed by atoms with Gasteiger partial charge in [-0.15, -0.1) is 0 Å². The number of allylic oxidation sites excluding steroid dienone is 1. The molecule has 0 saturated heterocycles. The van der Waals surface area contributed by atoms with Crippen molar-refractivity contribution in [1.29, 1.82) is 0 Å². The summed E-state index contributed by atoms with van der Waals surface area (Å²) in [4.78, 5) is 23.3. The summed E-state index contributed by atoms with van der Waals surface area (Å²) in [7, 11) is 0. The van der Waals surface area contributed by atoms with Crippen LogP contribution in [0.25, 0.3) is 0 Å².